The third kappa shape index (κ3) is 3.68. The summed E-state index contributed by atoms with van der Waals surface area (Å²) in [6.07, 6.45) is 2.87. The van der Waals surface area contributed by atoms with Crippen LogP contribution in [0, 0.1) is 0 Å². The lowest BCUT2D eigenvalue weighted by Gasteiger charge is -2.14. The van der Waals surface area contributed by atoms with Gasteiger partial charge in [0.05, 0.1) is 31.6 Å². The maximum absolute atomic E-state index is 11.8. The Morgan fingerprint density at radius 2 is 1.52 bits per heavy atom. The first kappa shape index (κ1) is 20.7. The predicted octanol–water partition coefficient (Wildman–Crippen LogP) is 3.72. The van der Waals surface area contributed by atoms with E-state index in [9.17, 15) is 8.42 Å². The van der Waals surface area contributed by atoms with E-state index in [0.29, 0.717) is 28.6 Å². The molecule has 160 valence electrons. The summed E-state index contributed by atoms with van der Waals surface area (Å²) in [7, 11) is 1.38. The molecule has 0 bridgehead atoms. The molecule has 0 unspecified atom stereocenters. The first-order chi connectivity index (χ1) is 14.9. The molecule has 0 atom stereocenters. The van der Waals surface area contributed by atoms with Crippen LogP contribution in [0.25, 0.3) is 33.4 Å². The number of methoxy groups -OCH3 is 3. The number of sulfone groups is 1. The van der Waals surface area contributed by atoms with Crippen molar-refractivity contribution in [2.24, 2.45) is 0 Å². The Balaban J connectivity index is 1.93. The van der Waals surface area contributed by atoms with Crippen molar-refractivity contribution >= 4 is 20.9 Å². The van der Waals surface area contributed by atoms with Gasteiger partial charge in [-0.25, -0.2) is 13.4 Å². The van der Waals surface area contributed by atoms with Crippen LogP contribution in [-0.2, 0) is 9.84 Å². The Morgan fingerprint density at radius 1 is 0.871 bits per heavy atom. The molecule has 31 heavy (non-hydrogen) atoms. The second kappa shape index (κ2) is 7.92. The number of hydrogen-bond donors (Lipinski definition) is 1. The van der Waals surface area contributed by atoms with E-state index < -0.39 is 9.84 Å². The van der Waals surface area contributed by atoms with Crippen LogP contribution in [0.1, 0.15) is 0 Å². The van der Waals surface area contributed by atoms with Crippen molar-refractivity contribution in [1.29, 1.82) is 0 Å². The minimum atomic E-state index is -3.28. The number of aromatic nitrogens is 3. The summed E-state index contributed by atoms with van der Waals surface area (Å²) in [5.41, 5.74) is 3.72. The van der Waals surface area contributed by atoms with Gasteiger partial charge in [-0.3, -0.25) is 5.10 Å². The minimum absolute atomic E-state index is 0.263. The van der Waals surface area contributed by atoms with Gasteiger partial charge in [0.1, 0.15) is 5.69 Å². The largest absolute Gasteiger partial charge is 0.493 e. The van der Waals surface area contributed by atoms with Crippen LogP contribution in [0.5, 0.6) is 17.2 Å². The molecule has 0 aliphatic rings. The molecule has 0 radical (unpaired) electrons. The van der Waals surface area contributed by atoms with Gasteiger partial charge < -0.3 is 14.2 Å². The molecule has 8 nitrogen and oxygen atoms in total. The lowest BCUT2D eigenvalue weighted by molar-refractivity contribution is 0.324. The van der Waals surface area contributed by atoms with Crippen molar-refractivity contribution in [2.75, 3.05) is 27.6 Å². The van der Waals surface area contributed by atoms with Crippen molar-refractivity contribution in [2.45, 2.75) is 4.90 Å². The molecule has 9 heteroatoms. The number of aromatic amines is 1. The first-order valence-corrected chi connectivity index (χ1v) is 11.2. The second-order valence-electron chi connectivity index (χ2n) is 6.86. The molecule has 1 N–H and O–H groups in total. The summed E-state index contributed by atoms with van der Waals surface area (Å²) < 4.78 is 40.0. The van der Waals surface area contributed by atoms with Crippen molar-refractivity contribution < 1.29 is 22.6 Å². The molecule has 0 aliphatic carbocycles. The Kier molecular flexibility index (Phi) is 5.28. The molecule has 0 saturated heterocycles. The molecule has 2 aromatic carbocycles. The molecule has 0 amide bonds. The fourth-order valence-electron chi connectivity index (χ4n) is 3.50. The van der Waals surface area contributed by atoms with E-state index in [1.54, 1.807) is 51.8 Å². The number of nitrogens with one attached hydrogen (secondary N) is 1. The molecule has 2 heterocycles. The fraction of sp³-hybridized carbons (Fsp3) is 0.182. The molecule has 0 saturated carbocycles. The molecule has 0 aliphatic heterocycles. The van der Waals surface area contributed by atoms with Crippen molar-refractivity contribution in [1.82, 2.24) is 15.2 Å². The Bertz CT molecular complexity index is 1340. The number of ether oxygens (including phenoxy) is 3. The van der Waals surface area contributed by atoms with Crippen LogP contribution < -0.4 is 14.2 Å². The summed E-state index contributed by atoms with van der Waals surface area (Å²) in [6, 6.07) is 12.2. The van der Waals surface area contributed by atoms with Gasteiger partial charge in [0.15, 0.2) is 27.0 Å². The zero-order valence-electron chi connectivity index (χ0n) is 17.5. The van der Waals surface area contributed by atoms with Crippen LogP contribution in [-0.4, -0.2) is 51.2 Å². The van der Waals surface area contributed by atoms with E-state index in [2.05, 4.69) is 15.2 Å². The van der Waals surface area contributed by atoms with Gasteiger partial charge >= 0.3 is 0 Å². The average molecular weight is 439 g/mol. The van der Waals surface area contributed by atoms with Crippen LogP contribution in [0.15, 0.2) is 53.6 Å². The van der Waals surface area contributed by atoms with Gasteiger partial charge in [-0.1, -0.05) is 12.1 Å². The highest BCUT2D eigenvalue weighted by molar-refractivity contribution is 7.90. The molecule has 0 fully saturated rings. The first-order valence-electron chi connectivity index (χ1n) is 9.31. The average Bonchev–Trinajstić information content (AvgIpc) is 3.22. The quantitative estimate of drug-likeness (QED) is 0.488. The van der Waals surface area contributed by atoms with E-state index in [0.717, 1.165) is 22.1 Å². The number of fused-ring (bicyclic) bond motifs is 1. The number of rotatable bonds is 6. The maximum Gasteiger partial charge on any atom is 0.203 e. The number of H-pyrrole nitrogens is 1. The molecule has 0 spiro atoms. The normalized spacial score (nSPS) is 11.5. The SMILES string of the molecule is COc1cc(-c2n[nH]c3nccc(-c4ccc(S(C)(=O)=O)cc4)c23)cc(OC)c1OC. The lowest BCUT2D eigenvalue weighted by atomic mass is 9.99. The van der Waals surface area contributed by atoms with Crippen LogP contribution in [0.3, 0.4) is 0 Å². The number of hydrogen-bond acceptors (Lipinski definition) is 7. The Morgan fingerprint density at radius 3 is 2.06 bits per heavy atom. The molecule has 4 rings (SSSR count). The summed E-state index contributed by atoms with van der Waals surface area (Å²) in [5.74, 6) is 1.51. The van der Waals surface area contributed by atoms with E-state index in [4.69, 9.17) is 14.2 Å². The van der Waals surface area contributed by atoms with E-state index >= 15 is 0 Å². The summed E-state index contributed by atoms with van der Waals surface area (Å²) in [5, 5.41) is 8.24. The fourth-order valence-corrected chi connectivity index (χ4v) is 4.13. The third-order valence-electron chi connectivity index (χ3n) is 4.99. The summed E-state index contributed by atoms with van der Waals surface area (Å²) >= 11 is 0. The van der Waals surface area contributed by atoms with Crippen molar-refractivity contribution in [3.63, 3.8) is 0 Å². The van der Waals surface area contributed by atoms with E-state index in [-0.39, 0.29) is 4.90 Å². The highest BCUT2D eigenvalue weighted by Gasteiger charge is 2.20. The molecular formula is C22H21N3O5S. The van der Waals surface area contributed by atoms with Gasteiger partial charge in [-0.15, -0.1) is 0 Å². The van der Waals surface area contributed by atoms with Crippen LogP contribution in [0.2, 0.25) is 0 Å². The third-order valence-corrected chi connectivity index (χ3v) is 6.12. The van der Waals surface area contributed by atoms with Gasteiger partial charge in [0, 0.05) is 18.0 Å². The van der Waals surface area contributed by atoms with Gasteiger partial charge in [0.2, 0.25) is 5.75 Å². The molecule has 2 aromatic heterocycles. The monoisotopic (exact) mass is 439 g/mol. The highest BCUT2D eigenvalue weighted by atomic mass is 32.2. The van der Waals surface area contributed by atoms with Crippen LogP contribution >= 0.6 is 0 Å². The smallest absolute Gasteiger partial charge is 0.203 e. The summed E-state index contributed by atoms with van der Waals surface area (Å²) in [4.78, 5) is 4.65. The number of nitrogens with zero attached hydrogens (tertiary/aromatic N) is 2. The second-order valence-corrected chi connectivity index (χ2v) is 8.88. The zero-order chi connectivity index (χ0) is 22.2. The Labute approximate surface area is 179 Å². The standard InChI is InChI=1S/C22H21N3O5S/c1-28-17-11-14(12-18(29-2)21(17)30-3)20-19-16(9-10-23-22(19)25-24-20)13-5-7-15(8-6-13)31(4,26)27/h5-12H,1-4H3,(H,23,24,25). The van der Waals surface area contributed by atoms with E-state index in [1.807, 2.05) is 18.2 Å². The number of benzene rings is 2. The topological polar surface area (TPSA) is 103 Å². The Hall–Kier alpha value is -3.59. The molecular weight excluding hydrogens is 418 g/mol. The van der Waals surface area contributed by atoms with Gasteiger partial charge in [0.25, 0.3) is 0 Å². The van der Waals surface area contributed by atoms with Crippen molar-refractivity contribution in [3.05, 3.63) is 48.7 Å². The zero-order valence-corrected chi connectivity index (χ0v) is 18.3. The van der Waals surface area contributed by atoms with E-state index in [1.165, 1.54) is 6.26 Å². The van der Waals surface area contributed by atoms with Gasteiger partial charge in [-0.05, 0) is 41.5 Å². The lowest BCUT2D eigenvalue weighted by Crippen LogP contribution is -1.96. The predicted molar refractivity (Wildman–Crippen MR) is 118 cm³/mol. The van der Waals surface area contributed by atoms with Crippen LogP contribution in [0.4, 0.5) is 0 Å². The van der Waals surface area contributed by atoms with Crippen molar-refractivity contribution in [3.8, 4) is 39.6 Å². The maximum atomic E-state index is 11.8. The molecule has 4 aromatic rings. The number of pyridine rings is 1. The minimum Gasteiger partial charge on any atom is -0.493 e. The van der Waals surface area contributed by atoms with Gasteiger partial charge in [-0.2, -0.15) is 5.10 Å². The summed E-state index contributed by atoms with van der Waals surface area (Å²) in [6.45, 7) is 0. The highest BCUT2D eigenvalue weighted by Crippen LogP contribution is 2.43.